The van der Waals surface area contributed by atoms with Crippen molar-refractivity contribution in [3.05, 3.63) is 113 Å². The summed E-state index contributed by atoms with van der Waals surface area (Å²) in [5.41, 5.74) is 2.46. The van der Waals surface area contributed by atoms with Gasteiger partial charge in [-0.15, -0.1) is 0 Å². The predicted molar refractivity (Wildman–Crippen MR) is 132 cm³/mol. The molecule has 8 heteroatoms. The Morgan fingerprint density at radius 3 is 2.46 bits per heavy atom. The van der Waals surface area contributed by atoms with Crippen molar-refractivity contribution in [3.8, 4) is 11.5 Å². The van der Waals surface area contributed by atoms with E-state index in [4.69, 9.17) is 9.47 Å². The van der Waals surface area contributed by atoms with Crippen LogP contribution in [-0.4, -0.2) is 15.8 Å². The van der Waals surface area contributed by atoms with Crippen LogP contribution in [0.25, 0.3) is 0 Å². The molecule has 1 heterocycles. The van der Waals surface area contributed by atoms with Crippen LogP contribution in [0.5, 0.6) is 11.5 Å². The number of fused-ring (bicyclic) bond motifs is 1. The third-order valence-electron chi connectivity index (χ3n) is 6.46. The summed E-state index contributed by atoms with van der Waals surface area (Å²) in [5.74, 6) is 1.71. The maximum absolute atomic E-state index is 12.9. The van der Waals surface area contributed by atoms with E-state index in [1.54, 1.807) is 24.5 Å². The SMILES string of the molecule is O=C1CCCc2c1ccc(O[C@@H](Cc1ncc[nH]1)c1ccccc1)c2COc1ccc(C(F)(F)F)cc1. The number of H-pyrrole nitrogens is 1. The topological polar surface area (TPSA) is 64.2 Å². The van der Waals surface area contributed by atoms with E-state index in [1.807, 2.05) is 30.3 Å². The first-order valence-electron chi connectivity index (χ1n) is 12.1. The number of ether oxygens (including phenoxy) is 2. The lowest BCUT2D eigenvalue weighted by atomic mass is 9.87. The highest BCUT2D eigenvalue weighted by molar-refractivity contribution is 5.99. The van der Waals surface area contributed by atoms with Crippen LogP contribution in [0.3, 0.4) is 0 Å². The van der Waals surface area contributed by atoms with Gasteiger partial charge in [0.15, 0.2) is 5.78 Å². The number of nitrogens with one attached hydrogen (secondary N) is 1. The number of aromatic nitrogens is 2. The highest BCUT2D eigenvalue weighted by atomic mass is 19.4. The molecule has 5 nitrogen and oxygen atoms in total. The summed E-state index contributed by atoms with van der Waals surface area (Å²) in [6.07, 6.45) is 1.04. The molecule has 0 aliphatic heterocycles. The number of ketones is 1. The van der Waals surface area contributed by atoms with Crippen molar-refractivity contribution in [1.29, 1.82) is 0 Å². The Morgan fingerprint density at radius 1 is 0.973 bits per heavy atom. The first-order valence-corrected chi connectivity index (χ1v) is 12.1. The lowest BCUT2D eigenvalue weighted by Gasteiger charge is -2.25. The van der Waals surface area contributed by atoms with Gasteiger partial charge in [0.25, 0.3) is 0 Å². The van der Waals surface area contributed by atoms with Crippen LogP contribution < -0.4 is 9.47 Å². The molecule has 1 aliphatic carbocycles. The van der Waals surface area contributed by atoms with Gasteiger partial charge in [-0.2, -0.15) is 13.2 Å². The molecule has 1 aromatic heterocycles. The van der Waals surface area contributed by atoms with Gasteiger partial charge >= 0.3 is 6.18 Å². The van der Waals surface area contributed by atoms with Crippen LogP contribution in [0.2, 0.25) is 0 Å². The number of carbonyl (C=O) groups excluding carboxylic acids is 1. The second-order valence-corrected chi connectivity index (χ2v) is 8.91. The maximum Gasteiger partial charge on any atom is 0.416 e. The van der Waals surface area contributed by atoms with Crippen molar-refractivity contribution in [3.63, 3.8) is 0 Å². The fourth-order valence-corrected chi connectivity index (χ4v) is 4.58. The number of carbonyl (C=O) groups is 1. The van der Waals surface area contributed by atoms with Gasteiger partial charge in [-0.3, -0.25) is 4.79 Å². The summed E-state index contributed by atoms with van der Waals surface area (Å²) in [5, 5.41) is 0. The predicted octanol–water partition coefficient (Wildman–Crippen LogP) is 6.89. The Bertz CT molecular complexity index is 1350. The second kappa shape index (κ2) is 10.5. The monoisotopic (exact) mass is 506 g/mol. The number of halogens is 3. The standard InChI is InChI=1S/C29H25F3N2O3/c30-29(31,32)20-9-11-21(12-10-20)36-18-24-22-7-4-8-25(35)23(22)13-14-26(24)37-27(17-28-33-15-16-34-28)19-5-2-1-3-6-19/h1-3,5-6,9-16,27H,4,7-8,17-18H2,(H,33,34)/t27-/m0/s1. The number of imidazole rings is 1. The highest BCUT2D eigenvalue weighted by Crippen LogP contribution is 2.36. The van der Waals surface area contributed by atoms with Gasteiger partial charge in [0, 0.05) is 36.4 Å². The molecule has 0 spiro atoms. The fourth-order valence-electron chi connectivity index (χ4n) is 4.58. The molecule has 4 aromatic rings. The van der Waals surface area contributed by atoms with Crippen LogP contribution in [0.4, 0.5) is 13.2 Å². The second-order valence-electron chi connectivity index (χ2n) is 8.91. The number of Topliss-reactive ketones (excluding diaryl/α,β-unsaturated/α-hetero) is 1. The maximum atomic E-state index is 12.9. The molecular formula is C29H25F3N2O3. The van der Waals surface area contributed by atoms with Crippen LogP contribution in [-0.2, 0) is 25.6 Å². The summed E-state index contributed by atoms with van der Waals surface area (Å²) in [6, 6.07) is 17.9. The molecule has 0 fully saturated rings. The molecule has 37 heavy (non-hydrogen) atoms. The van der Waals surface area contributed by atoms with E-state index in [1.165, 1.54) is 12.1 Å². The van der Waals surface area contributed by atoms with Crippen molar-refractivity contribution in [1.82, 2.24) is 9.97 Å². The highest BCUT2D eigenvalue weighted by Gasteiger charge is 2.30. The van der Waals surface area contributed by atoms with Gasteiger partial charge in [0.2, 0.25) is 0 Å². The molecule has 1 atom stereocenters. The first-order chi connectivity index (χ1) is 17.9. The molecule has 3 aromatic carbocycles. The van der Waals surface area contributed by atoms with E-state index in [0.29, 0.717) is 36.3 Å². The number of hydrogen-bond donors (Lipinski definition) is 1. The molecule has 5 rings (SSSR count). The largest absolute Gasteiger partial charge is 0.489 e. The number of nitrogens with zero attached hydrogens (tertiary/aromatic N) is 1. The van der Waals surface area contributed by atoms with Crippen LogP contribution in [0.1, 0.15) is 57.4 Å². The van der Waals surface area contributed by atoms with E-state index < -0.39 is 11.7 Å². The minimum atomic E-state index is -4.42. The number of hydrogen-bond acceptors (Lipinski definition) is 4. The molecule has 0 amide bonds. The van der Waals surface area contributed by atoms with Crippen molar-refractivity contribution in [2.75, 3.05) is 0 Å². The van der Waals surface area contributed by atoms with Crippen molar-refractivity contribution in [2.24, 2.45) is 0 Å². The number of alkyl halides is 3. The smallest absolute Gasteiger partial charge is 0.416 e. The normalized spacial score (nSPS) is 14.2. The van der Waals surface area contributed by atoms with E-state index in [-0.39, 0.29) is 18.5 Å². The van der Waals surface area contributed by atoms with Gasteiger partial charge < -0.3 is 14.5 Å². The van der Waals surface area contributed by atoms with Crippen LogP contribution in [0.15, 0.2) is 79.1 Å². The summed E-state index contributed by atoms with van der Waals surface area (Å²) < 4.78 is 51.3. The van der Waals surface area contributed by atoms with Crippen molar-refractivity contribution < 1.29 is 27.4 Å². The minimum absolute atomic E-state index is 0.0550. The van der Waals surface area contributed by atoms with E-state index >= 15 is 0 Å². The zero-order valence-corrected chi connectivity index (χ0v) is 19.9. The fraction of sp³-hybridized carbons (Fsp3) is 0.241. The van der Waals surface area contributed by atoms with Gasteiger partial charge in [0.05, 0.1) is 5.56 Å². The summed E-state index contributed by atoms with van der Waals surface area (Å²) in [6.45, 7) is 0.0550. The van der Waals surface area contributed by atoms with Gasteiger partial charge in [-0.05, 0) is 60.4 Å². The molecular weight excluding hydrogens is 481 g/mol. The number of aromatic amines is 1. The third-order valence-corrected chi connectivity index (χ3v) is 6.46. The van der Waals surface area contributed by atoms with E-state index in [9.17, 15) is 18.0 Å². The molecule has 0 saturated carbocycles. The zero-order chi connectivity index (χ0) is 25.8. The molecule has 1 aliphatic rings. The quantitative estimate of drug-likeness (QED) is 0.283. The summed E-state index contributed by atoms with van der Waals surface area (Å²) in [7, 11) is 0. The molecule has 1 N–H and O–H groups in total. The van der Waals surface area contributed by atoms with Gasteiger partial charge in [0.1, 0.15) is 30.0 Å². The lowest BCUT2D eigenvalue weighted by Crippen LogP contribution is -2.18. The molecule has 190 valence electrons. The molecule has 0 unspecified atom stereocenters. The average Bonchev–Trinajstić information content (AvgIpc) is 3.41. The third kappa shape index (κ3) is 5.69. The first kappa shape index (κ1) is 24.6. The van der Waals surface area contributed by atoms with Gasteiger partial charge in [-0.25, -0.2) is 4.98 Å². The molecule has 0 saturated heterocycles. The lowest BCUT2D eigenvalue weighted by molar-refractivity contribution is -0.137. The number of benzene rings is 3. The van der Waals surface area contributed by atoms with E-state index in [0.717, 1.165) is 41.1 Å². The molecule has 0 bridgehead atoms. The van der Waals surface area contributed by atoms with Crippen molar-refractivity contribution in [2.45, 2.75) is 44.6 Å². The van der Waals surface area contributed by atoms with Crippen LogP contribution >= 0.6 is 0 Å². The minimum Gasteiger partial charge on any atom is -0.489 e. The molecule has 0 radical (unpaired) electrons. The van der Waals surface area contributed by atoms with E-state index in [2.05, 4.69) is 9.97 Å². The summed E-state index contributed by atoms with van der Waals surface area (Å²) in [4.78, 5) is 20.1. The van der Waals surface area contributed by atoms with Crippen molar-refractivity contribution >= 4 is 5.78 Å². The Kier molecular flexibility index (Phi) is 6.99. The average molecular weight is 507 g/mol. The Morgan fingerprint density at radius 2 is 1.76 bits per heavy atom. The van der Waals surface area contributed by atoms with Crippen LogP contribution in [0, 0.1) is 0 Å². The Labute approximate surface area is 212 Å². The Hall–Kier alpha value is -4.07. The Balaban J connectivity index is 1.46. The number of rotatable bonds is 8. The zero-order valence-electron chi connectivity index (χ0n) is 19.9. The summed E-state index contributed by atoms with van der Waals surface area (Å²) >= 11 is 0. The van der Waals surface area contributed by atoms with Gasteiger partial charge in [-0.1, -0.05) is 30.3 Å².